The molecule has 1 heterocycles. The number of H-pyrrole nitrogens is 1. The molecule has 0 radical (unpaired) electrons. The first-order valence-corrected chi connectivity index (χ1v) is 6.48. The van der Waals surface area contributed by atoms with Gasteiger partial charge in [0.05, 0.1) is 11.9 Å². The maximum Gasteiger partial charge on any atom is 0.114 e. The number of benzene rings is 1. The van der Waals surface area contributed by atoms with E-state index in [0.717, 1.165) is 24.4 Å². The van der Waals surface area contributed by atoms with Crippen LogP contribution in [-0.2, 0) is 5.41 Å². The minimum Gasteiger partial charge on any atom is -0.341 e. The molecule has 1 saturated carbocycles. The van der Waals surface area contributed by atoms with Gasteiger partial charge in [0.15, 0.2) is 0 Å². The maximum atomic E-state index is 5.84. The number of rotatable bonds is 3. The number of nitrogens with zero attached hydrogens (tertiary/aromatic N) is 1. The third-order valence-electron chi connectivity index (χ3n) is 4.01. The lowest BCUT2D eigenvalue weighted by atomic mass is 10.0. The lowest BCUT2D eigenvalue weighted by Crippen LogP contribution is -2.21. The van der Waals surface area contributed by atoms with Crippen LogP contribution >= 0.6 is 0 Å². The van der Waals surface area contributed by atoms with Crippen molar-refractivity contribution < 1.29 is 0 Å². The molecule has 0 spiro atoms. The molecule has 1 aromatic heterocycles. The molecule has 0 unspecified atom stereocenters. The first-order chi connectivity index (χ1) is 8.64. The lowest BCUT2D eigenvalue weighted by Gasteiger charge is -2.08. The molecule has 3 nitrogen and oxygen atoms in total. The van der Waals surface area contributed by atoms with Crippen LogP contribution in [0, 0.1) is 13.8 Å². The zero-order valence-electron chi connectivity index (χ0n) is 11.0. The van der Waals surface area contributed by atoms with Crippen molar-refractivity contribution in [3.63, 3.8) is 0 Å². The highest BCUT2D eigenvalue weighted by atomic mass is 15.0. The summed E-state index contributed by atoms with van der Waals surface area (Å²) in [7, 11) is 0. The molecule has 3 rings (SSSR count). The largest absolute Gasteiger partial charge is 0.341 e. The highest BCUT2D eigenvalue weighted by molar-refractivity contribution is 5.64. The molecule has 0 bridgehead atoms. The van der Waals surface area contributed by atoms with Crippen LogP contribution < -0.4 is 5.73 Å². The monoisotopic (exact) mass is 241 g/mol. The molecule has 1 aliphatic rings. The molecule has 0 saturated heterocycles. The standard InChI is InChI=1S/C15H19N3/c1-10-3-4-11(2)12(7-10)13-8-17-14(18-13)15(9-16)5-6-15/h3-4,7-8H,5-6,9,16H2,1-2H3,(H,17,18). The number of nitrogens with two attached hydrogens (primary N) is 1. The van der Waals surface area contributed by atoms with E-state index < -0.39 is 0 Å². The van der Waals surface area contributed by atoms with Gasteiger partial charge >= 0.3 is 0 Å². The van der Waals surface area contributed by atoms with Gasteiger partial charge in [-0.3, -0.25) is 0 Å². The fourth-order valence-electron chi connectivity index (χ4n) is 2.44. The van der Waals surface area contributed by atoms with E-state index in [1.807, 2.05) is 6.20 Å². The molecule has 2 aromatic rings. The van der Waals surface area contributed by atoms with Gasteiger partial charge in [0.25, 0.3) is 0 Å². The number of hydrogen-bond acceptors (Lipinski definition) is 2. The molecule has 1 fully saturated rings. The number of imidazole rings is 1. The van der Waals surface area contributed by atoms with Crippen molar-refractivity contribution in [3.05, 3.63) is 41.3 Å². The van der Waals surface area contributed by atoms with E-state index in [2.05, 4.69) is 42.0 Å². The summed E-state index contributed by atoms with van der Waals surface area (Å²) in [6, 6.07) is 6.49. The van der Waals surface area contributed by atoms with Crippen molar-refractivity contribution in [1.29, 1.82) is 0 Å². The highest BCUT2D eigenvalue weighted by Crippen LogP contribution is 2.46. The number of hydrogen-bond donors (Lipinski definition) is 2. The van der Waals surface area contributed by atoms with Gasteiger partial charge < -0.3 is 10.7 Å². The first kappa shape index (κ1) is 11.5. The second kappa shape index (κ2) is 3.95. The normalized spacial score (nSPS) is 16.8. The molecular formula is C15H19N3. The number of aromatic nitrogens is 2. The van der Waals surface area contributed by atoms with Crippen LogP contribution in [0.2, 0.25) is 0 Å². The van der Waals surface area contributed by atoms with Gasteiger partial charge in [0, 0.05) is 17.5 Å². The third-order valence-corrected chi connectivity index (χ3v) is 4.01. The second-order valence-corrected chi connectivity index (χ2v) is 5.45. The van der Waals surface area contributed by atoms with E-state index >= 15 is 0 Å². The maximum absolute atomic E-state index is 5.84. The molecule has 0 amide bonds. The predicted octanol–water partition coefficient (Wildman–Crippen LogP) is 2.68. The molecule has 18 heavy (non-hydrogen) atoms. The van der Waals surface area contributed by atoms with Gasteiger partial charge in [-0.25, -0.2) is 4.98 Å². The van der Waals surface area contributed by atoms with Crippen LogP contribution in [0.1, 0.15) is 29.8 Å². The van der Waals surface area contributed by atoms with Crippen molar-refractivity contribution in [2.45, 2.75) is 32.1 Å². The fraction of sp³-hybridized carbons (Fsp3) is 0.400. The van der Waals surface area contributed by atoms with Crippen molar-refractivity contribution in [2.75, 3.05) is 6.54 Å². The molecule has 0 aliphatic heterocycles. The molecule has 94 valence electrons. The zero-order valence-corrected chi connectivity index (χ0v) is 11.0. The van der Waals surface area contributed by atoms with Crippen molar-refractivity contribution in [1.82, 2.24) is 9.97 Å². The van der Waals surface area contributed by atoms with E-state index in [1.165, 1.54) is 16.7 Å². The summed E-state index contributed by atoms with van der Waals surface area (Å²) in [4.78, 5) is 7.99. The van der Waals surface area contributed by atoms with Crippen molar-refractivity contribution in [2.24, 2.45) is 5.73 Å². The van der Waals surface area contributed by atoms with Crippen LogP contribution in [0.5, 0.6) is 0 Å². The van der Waals surface area contributed by atoms with E-state index in [-0.39, 0.29) is 5.41 Å². The Hall–Kier alpha value is -1.61. The summed E-state index contributed by atoms with van der Waals surface area (Å²) >= 11 is 0. The summed E-state index contributed by atoms with van der Waals surface area (Å²) in [5.74, 6) is 1.06. The molecule has 3 N–H and O–H groups in total. The van der Waals surface area contributed by atoms with E-state index in [9.17, 15) is 0 Å². The molecule has 3 heteroatoms. The molecular weight excluding hydrogens is 222 g/mol. The first-order valence-electron chi connectivity index (χ1n) is 6.48. The van der Waals surface area contributed by atoms with Crippen molar-refractivity contribution >= 4 is 0 Å². The van der Waals surface area contributed by atoms with Crippen LogP contribution in [0.25, 0.3) is 11.3 Å². The number of nitrogens with one attached hydrogen (secondary N) is 1. The quantitative estimate of drug-likeness (QED) is 0.868. The van der Waals surface area contributed by atoms with Crippen LogP contribution in [0.15, 0.2) is 24.4 Å². The van der Waals surface area contributed by atoms with E-state index in [4.69, 9.17) is 5.73 Å². The van der Waals surface area contributed by atoms with E-state index in [1.54, 1.807) is 0 Å². The van der Waals surface area contributed by atoms with Gasteiger partial charge in [0.2, 0.25) is 0 Å². The highest BCUT2D eigenvalue weighted by Gasteiger charge is 2.45. The Morgan fingerprint density at radius 2 is 2.11 bits per heavy atom. The van der Waals surface area contributed by atoms with Gasteiger partial charge in [-0.05, 0) is 38.3 Å². The Morgan fingerprint density at radius 3 is 2.78 bits per heavy atom. The van der Waals surface area contributed by atoms with Crippen LogP contribution in [-0.4, -0.2) is 16.5 Å². The average molecular weight is 241 g/mol. The smallest absolute Gasteiger partial charge is 0.114 e. The Morgan fingerprint density at radius 1 is 1.33 bits per heavy atom. The zero-order chi connectivity index (χ0) is 12.8. The molecule has 0 atom stereocenters. The second-order valence-electron chi connectivity index (χ2n) is 5.45. The van der Waals surface area contributed by atoms with Gasteiger partial charge in [-0.2, -0.15) is 0 Å². The predicted molar refractivity (Wildman–Crippen MR) is 73.5 cm³/mol. The summed E-state index contributed by atoms with van der Waals surface area (Å²) in [6.07, 6.45) is 4.25. The summed E-state index contributed by atoms with van der Waals surface area (Å²) < 4.78 is 0. The Bertz CT molecular complexity index is 579. The number of aryl methyl sites for hydroxylation is 2. The van der Waals surface area contributed by atoms with Gasteiger partial charge in [-0.1, -0.05) is 17.7 Å². The average Bonchev–Trinajstić information content (AvgIpc) is 3.02. The van der Waals surface area contributed by atoms with Crippen LogP contribution in [0.3, 0.4) is 0 Å². The minimum atomic E-state index is 0.135. The van der Waals surface area contributed by atoms with Crippen LogP contribution in [0.4, 0.5) is 0 Å². The van der Waals surface area contributed by atoms with Gasteiger partial charge in [0.1, 0.15) is 5.82 Å². The topological polar surface area (TPSA) is 54.7 Å². The third kappa shape index (κ3) is 1.75. The molecule has 1 aromatic carbocycles. The van der Waals surface area contributed by atoms with Gasteiger partial charge in [-0.15, -0.1) is 0 Å². The van der Waals surface area contributed by atoms with E-state index in [0.29, 0.717) is 6.54 Å². The van der Waals surface area contributed by atoms with Crippen molar-refractivity contribution in [3.8, 4) is 11.3 Å². The summed E-state index contributed by atoms with van der Waals surface area (Å²) in [5.41, 5.74) is 10.9. The minimum absolute atomic E-state index is 0.135. The fourth-order valence-corrected chi connectivity index (χ4v) is 2.44. The lowest BCUT2D eigenvalue weighted by molar-refractivity contribution is 0.659. The molecule has 1 aliphatic carbocycles. The summed E-state index contributed by atoms with van der Waals surface area (Å²) in [6.45, 7) is 4.93. The Labute approximate surface area is 107 Å². The summed E-state index contributed by atoms with van der Waals surface area (Å²) in [5, 5.41) is 0. The Balaban J connectivity index is 2.00. The number of aromatic amines is 1. The SMILES string of the molecule is Cc1ccc(C)c(-c2cnc(C3(CN)CC3)[nH]2)c1. The Kier molecular flexibility index (Phi) is 2.52.